The summed E-state index contributed by atoms with van der Waals surface area (Å²) in [6.45, 7) is 9.69. The van der Waals surface area contributed by atoms with Crippen molar-refractivity contribution in [3.63, 3.8) is 0 Å². The maximum absolute atomic E-state index is 14.1. The number of carbonyl (C=O) groups is 3. The van der Waals surface area contributed by atoms with Gasteiger partial charge in [-0.3, -0.25) is 4.79 Å². The highest BCUT2D eigenvalue weighted by Gasteiger charge is 2.24. The number of anilines is 1. The molecule has 0 bridgehead atoms. The molecule has 0 spiro atoms. The number of benzene rings is 2. The molecule has 0 aliphatic rings. The zero-order valence-corrected chi connectivity index (χ0v) is 40.8. The molecule has 0 aliphatic heterocycles. The lowest BCUT2D eigenvalue weighted by Gasteiger charge is -2.19. The molecule has 0 fully saturated rings. The van der Waals surface area contributed by atoms with E-state index in [1.807, 2.05) is 19.2 Å². The van der Waals surface area contributed by atoms with Crippen LogP contribution >= 0.6 is 0 Å². The van der Waals surface area contributed by atoms with Crippen LogP contribution in [0.3, 0.4) is 0 Å². The highest BCUT2D eigenvalue weighted by atomic mass is 16.5. The van der Waals surface area contributed by atoms with E-state index in [9.17, 15) is 14.4 Å². The van der Waals surface area contributed by atoms with Gasteiger partial charge in [-0.25, -0.2) is 9.59 Å². The van der Waals surface area contributed by atoms with Crippen LogP contribution in [0.5, 0.6) is 0 Å². The van der Waals surface area contributed by atoms with Gasteiger partial charge in [-0.05, 0) is 73.9 Å². The third-order valence-electron chi connectivity index (χ3n) is 12.9. The van der Waals surface area contributed by atoms with E-state index < -0.39 is 11.9 Å². The molecule has 2 rings (SSSR count). The number of hydrogen-bond donors (Lipinski definition) is 1. The fraction of sp³-hybridized carbons (Fsp3) is 0.732. The average molecular weight is 860 g/mol. The monoisotopic (exact) mass is 860 g/mol. The second-order valence-corrected chi connectivity index (χ2v) is 18.5. The second-order valence-electron chi connectivity index (χ2n) is 18.5. The zero-order chi connectivity index (χ0) is 44.9. The predicted octanol–water partition coefficient (Wildman–Crippen LogP) is 17.1. The third-order valence-corrected chi connectivity index (χ3v) is 12.9. The summed E-state index contributed by atoms with van der Waals surface area (Å²) in [7, 11) is 1.84. The SMILES string of the molecule is CCCCCCCCCCC(CCCCCCCC)COC(=O)c1ccc(C(=O)c2ccc(NC)cc2)cc1C(=O)OCC(CCCCCCCC)CCCCCCCCCC. The van der Waals surface area contributed by atoms with Crippen LogP contribution in [0.25, 0.3) is 0 Å². The molecule has 6 heteroatoms. The number of unbranched alkanes of at least 4 members (excludes halogenated alkanes) is 24. The average Bonchev–Trinajstić information content (AvgIpc) is 3.30. The minimum absolute atomic E-state index is 0.119. The molecule has 2 unspecified atom stereocenters. The number of ketones is 1. The van der Waals surface area contributed by atoms with E-state index in [1.165, 1.54) is 154 Å². The van der Waals surface area contributed by atoms with Crippen molar-refractivity contribution in [1.82, 2.24) is 0 Å². The molecule has 0 heterocycles. The van der Waals surface area contributed by atoms with Crippen molar-refractivity contribution in [3.05, 3.63) is 64.7 Å². The highest BCUT2D eigenvalue weighted by Crippen LogP contribution is 2.25. The van der Waals surface area contributed by atoms with Gasteiger partial charge in [0.2, 0.25) is 0 Å². The molecule has 1 N–H and O–H groups in total. The van der Waals surface area contributed by atoms with Crippen molar-refractivity contribution in [3.8, 4) is 0 Å². The lowest BCUT2D eigenvalue weighted by atomic mass is 9.94. The van der Waals surface area contributed by atoms with Gasteiger partial charge >= 0.3 is 11.9 Å². The van der Waals surface area contributed by atoms with Gasteiger partial charge in [-0.2, -0.15) is 0 Å². The Morgan fingerprint density at radius 1 is 0.419 bits per heavy atom. The van der Waals surface area contributed by atoms with Crippen LogP contribution in [-0.4, -0.2) is 38.0 Å². The van der Waals surface area contributed by atoms with Crippen LogP contribution in [0.2, 0.25) is 0 Å². The summed E-state index contributed by atoms with van der Waals surface area (Å²) < 4.78 is 12.2. The van der Waals surface area contributed by atoms with Gasteiger partial charge in [0.05, 0.1) is 24.3 Å². The van der Waals surface area contributed by atoms with Crippen LogP contribution < -0.4 is 5.32 Å². The Labute approximate surface area is 381 Å². The fourth-order valence-electron chi connectivity index (χ4n) is 8.71. The fourth-order valence-corrected chi connectivity index (χ4v) is 8.71. The summed E-state index contributed by atoms with van der Waals surface area (Å²) in [4.78, 5) is 41.9. The van der Waals surface area contributed by atoms with E-state index in [4.69, 9.17) is 9.47 Å². The molecule has 62 heavy (non-hydrogen) atoms. The van der Waals surface area contributed by atoms with Crippen LogP contribution in [-0.2, 0) is 9.47 Å². The topological polar surface area (TPSA) is 81.7 Å². The second kappa shape index (κ2) is 37.2. The normalized spacial score (nSPS) is 12.3. The molecular formula is C56H93NO5. The number of esters is 2. The van der Waals surface area contributed by atoms with Crippen molar-refractivity contribution in [2.45, 2.75) is 233 Å². The van der Waals surface area contributed by atoms with Crippen LogP contribution in [0.1, 0.15) is 270 Å². The van der Waals surface area contributed by atoms with E-state index in [1.54, 1.807) is 30.3 Å². The largest absolute Gasteiger partial charge is 0.462 e. The van der Waals surface area contributed by atoms with Crippen LogP contribution in [0, 0.1) is 11.8 Å². The molecule has 0 aliphatic carbocycles. The highest BCUT2D eigenvalue weighted by molar-refractivity contribution is 6.12. The Kier molecular flexibility index (Phi) is 33.0. The predicted molar refractivity (Wildman–Crippen MR) is 264 cm³/mol. The Hall–Kier alpha value is -3.15. The molecule has 352 valence electrons. The first-order chi connectivity index (χ1) is 30.4. The summed E-state index contributed by atoms with van der Waals surface area (Å²) in [6.07, 6.45) is 39.3. The molecule has 2 aromatic rings. The third kappa shape index (κ3) is 25.2. The van der Waals surface area contributed by atoms with Crippen molar-refractivity contribution in [2.24, 2.45) is 11.8 Å². The smallest absolute Gasteiger partial charge is 0.339 e. The Morgan fingerprint density at radius 3 is 1.10 bits per heavy atom. The number of nitrogens with one attached hydrogen (secondary N) is 1. The maximum atomic E-state index is 14.1. The van der Waals surface area contributed by atoms with E-state index in [0.717, 1.165) is 57.1 Å². The lowest BCUT2D eigenvalue weighted by molar-refractivity contribution is 0.0375. The Bertz CT molecular complexity index is 1420. The number of hydrogen-bond acceptors (Lipinski definition) is 6. The molecule has 0 saturated carbocycles. The lowest BCUT2D eigenvalue weighted by Crippen LogP contribution is -2.20. The van der Waals surface area contributed by atoms with Crippen molar-refractivity contribution < 1.29 is 23.9 Å². The van der Waals surface area contributed by atoms with Gasteiger partial charge in [0.25, 0.3) is 0 Å². The molecule has 6 nitrogen and oxygen atoms in total. The number of rotatable bonds is 41. The summed E-state index contributed by atoms with van der Waals surface area (Å²) >= 11 is 0. The number of ether oxygens (including phenoxy) is 2. The van der Waals surface area contributed by atoms with Gasteiger partial charge in [0, 0.05) is 23.9 Å². The maximum Gasteiger partial charge on any atom is 0.339 e. The molecule has 0 radical (unpaired) electrons. The minimum atomic E-state index is -0.552. The van der Waals surface area contributed by atoms with Gasteiger partial charge in [0.1, 0.15) is 0 Å². The molecule has 0 amide bonds. The molecule has 0 saturated heterocycles. The Balaban J connectivity index is 2.23. The van der Waals surface area contributed by atoms with E-state index in [2.05, 4.69) is 33.0 Å². The molecule has 0 aromatic heterocycles. The summed E-state index contributed by atoms with van der Waals surface area (Å²) in [5.74, 6) is -0.706. The first kappa shape index (κ1) is 55.0. The van der Waals surface area contributed by atoms with Crippen molar-refractivity contribution in [2.75, 3.05) is 25.6 Å². The molecule has 2 atom stereocenters. The van der Waals surface area contributed by atoms with Crippen molar-refractivity contribution in [1.29, 1.82) is 0 Å². The van der Waals surface area contributed by atoms with Crippen LogP contribution in [0.4, 0.5) is 5.69 Å². The van der Waals surface area contributed by atoms with Gasteiger partial charge in [0.15, 0.2) is 5.78 Å². The summed E-state index contributed by atoms with van der Waals surface area (Å²) in [6, 6.07) is 12.1. The minimum Gasteiger partial charge on any atom is -0.462 e. The van der Waals surface area contributed by atoms with Gasteiger partial charge in [-0.15, -0.1) is 0 Å². The van der Waals surface area contributed by atoms with Gasteiger partial charge in [-0.1, -0.05) is 214 Å². The van der Waals surface area contributed by atoms with E-state index in [-0.39, 0.29) is 22.8 Å². The summed E-state index contributed by atoms with van der Waals surface area (Å²) in [5.41, 5.74) is 2.07. The Morgan fingerprint density at radius 2 is 0.742 bits per heavy atom. The summed E-state index contributed by atoms with van der Waals surface area (Å²) in [5, 5.41) is 3.09. The zero-order valence-electron chi connectivity index (χ0n) is 40.8. The van der Waals surface area contributed by atoms with E-state index >= 15 is 0 Å². The standard InChI is InChI=1S/C56H93NO5/c1-6-10-14-18-22-24-28-32-36-47(34-30-26-20-16-12-8-3)45-61-55(59)52-43-40-50(54(58)49-38-41-51(57-5)42-39-49)44-53(52)56(60)62-46-48(35-31-27-21-17-13-9-4)37-33-29-25-23-19-15-11-7-2/h38-44,47-48,57H,6-37,45-46H2,1-5H3. The first-order valence-corrected chi connectivity index (χ1v) is 26.2. The van der Waals surface area contributed by atoms with Gasteiger partial charge < -0.3 is 14.8 Å². The molecular weight excluding hydrogens is 767 g/mol. The van der Waals surface area contributed by atoms with Crippen LogP contribution in [0.15, 0.2) is 42.5 Å². The quantitative estimate of drug-likeness (QED) is 0.0407. The first-order valence-electron chi connectivity index (χ1n) is 26.2. The number of carbonyl (C=O) groups excluding carboxylic acids is 3. The molecule has 2 aromatic carbocycles. The van der Waals surface area contributed by atoms with E-state index in [0.29, 0.717) is 30.3 Å². The van der Waals surface area contributed by atoms with Crippen molar-refractivity contribution >= 4 is 23.4 Å².